The molecule has 1 atom stereocenters. The number of para-hydroxylation sites is 1. The fourth-order valence-corrected chi connectivity index (χ4v) is 1.63. The summed E-state index contributed by atoms with van der Waals surface area (Å²) in [5.41, 5.74) is 0.216. The van der Waals surface area contributed by atoms with Gasteiger partial charge in [-0.15, -0.1) is 0 Å². The smallest absolute Gasteiger partial charge is 0.166 e. The summed E-state index contributed by atoms with van der Waals surface area (Å²) < 4.78 is 24.1. The maximum absolute atomic E-state index is 13.5. The van der Waals surface area contributed by atoms with Crippen molar-refractivity contribution in [2.45, 2.75) is 6.10 Å². The van der Waals surface area contributed by atoms with Gasteiger partial charge in [0.2, 0.25) is 0 Å². The van der Waals surface area contributed by atoms with E-state index >= 15 is 0 Å². The molecule has 0 bridgehead atoms. The summed E-state index contributed by atoms with van der Waals surface area (Å²) in [6.07, 6.45) is -0.889. The second kappa shape index (κ2) is 7.27. The molecule has 0 heterocycles. The number of hydrogen-bond donors (Lipinski definition) is 1. The van der Waals surface area contributed by atoms with E-state index in [0.717, 1.165) is 6.07 Å². The molecule has 2 aromatic carbocycles. The lowest BCUT2D eigenvalue weighted by molar-refractivity contribution is 0.0612. The summed E-state index contributed by atoms with van der Waals surface area (Å²) >= 11 is 0. The van der Waals surface area contributed by atoms with Gasteiger partial charge < -0.3 is 14.6 Å². The summed E-state index contributed by atoms with van der Waals surface area (Å²) in [5.74, 6) is -0.000840. The van der Waals surface area contributed by atoms with Gasteiger partial charge in [0.05, 0.1) is 11.6 Å². The molecule has 0 saturated heterocycles. The number of hydrogen-bond acceptors (Lipinski definition) is 4. The van der Waals surface area contributed by atoms with Gasteiger partial charge in [-0.05, 0) is 30.3 Å². The van der Waals surface area contributed by atoms with Crippen molar-refractivity contribution in [3.05, 3.63) is 59.9 Å². The number of nitrogens with zero attached hydrogens (tertiary/aromatic N) is 1. The second-order valence-electron chi connectivity index (χ2n) is 4.35. The highest BCUT2D eigenvalue weighted by molar-refractivity contribution is 5.36. The Morgan fingerprint density at radius 2 is 1.81 bits per heavy atom. The van der Waals surface area contributed by atoms with E-state index in [0.29, 0.717) is 5.75 Å². The normalized spacial score (nSPS) is 11.5. The Hall–Kier alpha value is -2.58. The number of ether oxygens (including phenoxy) is 2. The number of aliphatic hydroxyl groups excluding tert-OH is 1. The third kappa shape index (κ3) is 4.48. The molecule has 0 aliphatic heterocycles. The van der Waals surface area contributed by atoms with Gasteiger partial charge in [0.15, 0.2) is 11.6 Å². The first-order chi connectivity index (χ1) is 10.2. The van der Waals surface area contributed by atoms with Crippen LogP contribution in [0.15, 0.2) is 48.5 Å². The maximum Gasteiger partial charge on any atom is 0.166 e. The van der Waals surface area contributed by atoms with Crippen molar-refractivity contribution in [2.75, 3.05) is 13.2 Å². The van der Waals surface area contributed by atoms with E-state index in [9.17, 15) is 9.50 Å². The molecular formula is C16H14FNO3. The van der Waals surface area contributed by atoms with Crippen LogP contribution in [0.4, 0.5) is 4.39 Å². The van der Waals surface area contributed by atoms with Crippen LogP contribution in [0, 0.1) is 17.1 Å². The number of rotatable bonds is 6. The number of halogens is 1. The summed E-state index contributed by atoms with van der Waals surface area (Å²) in [6.45, 7) is -0.0580. The Labute approximate surface area is 122 Å². The molecule has 0 radical (unpaired) electrons. The number of aliphatic hydroxyl groups is 1. The first-order valence-corrected chi connectivity index (χ1v) is 6.37. The maximum atomic E-state index is 13.5. The summed E-state index contributed by atoms with van der Waals surface area (Å²) in [6, 6.07) is 14.8. The predicted molar refractivity (Wildman–Crippen MR) is 74.6 cm³/mol. The largest absolute Gasteiger partial charge is 0.491 e. The van der Waals surface area contributed by atoms with Gasteiger partial charge in [0, 0.05) is 0 Å². The Bertz CT molecular complexity index is 625. The van der Waals surface area contributed by atoms with E-state index in [1.165, 1.54) is 12.1 Å². The zero-order valence-corrected chi connectivity index (χ0v) is 11.2. The fourth-order valence-electron chi connectivity index (χ4n) is 1.63. The Balaban J connectivity index is 1.81. The van der Waals surface area contributed by atoms with Crippen molar-refractivity contribution in [1.82, 2.24) is 0 Å². The van der Waals surface area contributed by atoms with Gasteiger partial charge in [-0.2, -0.15) is 5.26 Å². The molecule has 5 heteroatoms. The van der Waals surface area contributed by atoms with Gasteiger partial charge in [-0.3, -0.25) is 0 Å². The van der Waals surface area contributed by atoms with Crippen molar-refractivity contribution in [1.29, 1.82) is 5.26 Å². The minimum atomic E-state index is -0.889. The van der Waals surface area contributed by atoms with E-state index in [1.807, 2.05) is 24.3 Å². The molecule has 1 N–H and O–H groups in total. The molecule has 4 nitrogen and oxygen atoms in total. The van der Waals surface area contributed by atoms with E-state index in [4.69, 9.17) is 14.7 Å². The molecule has 0 saturated carbocycles. The van der Waals surface area contributed by atoms with Crippen LogP contribution in [0.1, 0.15) is 5.56 Å². The zero-order valence-electron chi connectivity index (χ0n) is 11.2. The average Bonchev–Trinajstić information content (AvgIpc) is 2.52. The SMILES string of the molecule is N#Cc1ccc(OCC(O)COc2ccccc2)c(F)c1. The highest BCUT2D eigenvalue weighted by atomic mass is 19.1. The molecule has 0 amide bonds. The minimum Gasteiger partial charge on any atom is -0.491 e. The molecule has 2 aromatic rings. The minimum absolute atomic E-state index is 0.00670. The first-order valence-electron chi connectivity index (χ1n) is 6.37. The van der Waals surface area contributed by atoms with Crippen molar-refractivity contribution in [2.24, 2.45) is 0 Å². The predicted octanol–water partition coefficient (Wildman–Crippen LogP) is 2.52. The second-order valence-corrected chi connectivity index (χ2v) is 4.35. The van der Waals surface area contributed by atoms with E-state index < -0.39 is 11.9 Å². The Morgan fingerprint density at radius 3 is 2.48 bits per heavy atom. The van der Waals surface area contributed by atoms with E-state index in [-0.39, 0.29) is 24.5 Å². The average molecular weight is 287 g/mol. The van der Waals surface area contributed by atoms with Crippen molar-refractivity contribution < 1.29 is 19.0 Å². The monoisotopic (exact) mass is 287 g/mol. The summed E-state index contributed by atoms with van der Waals surface area (Å²) in [5, 5.41) is 18.4. The lowest BCUT2D eigenvalue weighted by Crippen LogP contribution is -2.25. The van der Waals surface area contributed by atoms with Crippen LogP contribution in [0.3, 0.4) is 0 Å². The highest BCUT2D eigenvalue weighted by Gasteiger charge is 2.10. The van der Waals surface area contributed by atoms with Crippen LogP contribution >= 0.6 is 0 Å². The van der Waals surface area contributed by atoms with Crippen LogP contribution < -0.4 is 9.47 Å². The summed E-state index contributed by atoms with van der Waals surface area (Å²) in [7, 11) is 0. The van der Waals surface area contributed by atoms with Crippen LogP contribution in [-0.4, -0.2) is 24.4 Å². The van der Waals surface area contributed by atoms with Gasteiger partial charge in [-0.25, -0.2) is 4.39 Å². The van der Waals surface area contributed by atoms with E-state index in [2.05, 4.69) is 0 Å². The van der Waals surface area contributed by atoms with Crippen LogP contribution in [0.5, 0.6) is 11.5 Å². The van der Waals surface area contributed by atoms with Crippen molar-refractivity contribution >= 4 is 0 Å². The molecule has 2 rings (SSSR count). The van der Waals surface area contributed by atoms with Crippen LogP contribution in [0.25, 0.3) is 0 Å². The molecule has 21 heavy (non-hydrogen) atoms. The van der Waals surface area contributed by atoms with Crippen molar-refractivity contribution in [3.8, 4) is 17.6 Å². The standard InChI is InChI=1S/C16H14FNO3/c17-15-8-12(9-18)6-7-16(15)21-11-13(19)10-20-14-4-2-1-3-5-14/h1-8,13,19H,10-11H2. The molecule has 0 aliphatic rings. The summed E-state index contributed by atoms with van der Waals surface area (Å²) in [4.78, 5) is 0. The molecular weight excluding hydrogens is 273 g/mol. The van der Waals surface area contributed by atoms with Crippen LogP contribution in [0.2, 0.25) is 0 Å². The number of benzene rings is 2. The topological polar surface area (TPSA) is 62.5 Å². The fraction of sp³-hybridized carbons (Fsp3) is 0.188. The Kier molecular flexibility index (Phi) is 5.13. The number of nitriles is 1. The lowest BCUT2D eigenvalue weighted by Gasteiger charge is -2.14. The zero-order chi connectivity index (χ0) is 15.1. The van der Waals surface area contributed by atoms with Gasteiger partial charge in [-0.1, -0.05) is 18.2 Å². The van der Waals surface area contributed by atoms with Crippen LogP contribution in [-0.2, 0) is 0 Å². The molecule has 1 unspecified atom stereocenters. The molecule has 0 aromatic heterocycles. The first kappa shape index (κ1) is 14.8. The van der Waals surface area contributed by atoms with Crippen molar-refractivity contribution in [3.63, 3.8) is 0 Å². The highest BCUT2D eigenvalue weighted by Crippen LogP contribution is 2.18. The molecule has 0 fully saturated rings. The third-order valence-electron chi connectivity index (χ3n) is 2.68. The van der Waals surface area contributed by atoms with Gasteiger partial charge >= 0.3 is 0 Å². The lowest BCUT2D eigenvalue weighted by atomic mass is 10.2. The van der Waals surface area contributed by atoms with Gasteiger partial charge in [0.25, 0.3) is 0 Å². The molecule has 0 spiro atoms. The third-order valence-corrected chi connectivity index (χ3v) is 2.68. The molecule has 0 aliphatic carbocycles. The molecule has 108 valence electrons. The van der Waals surface area contributed by atoms with Gasteiger partial charge in [0.1, 0.15) is 25.1 Å². The van der Waals surface area contributed by atoms with E-state index in [1.54, 1.807) is 12.1 Å². The quantitative estimate of drug-likeness (QED) is 0.886. The Morgan fingerprint density at radius 1 is 1.10 bits per heavy atom.